The van der Waals surface area contributed by atoms with Crippen molar-refractivity contribution in [3.05, 3.63) is 35.1 Å². The maximum atomic E-state index is 13.4. The van der Waals surface area contributed by atoms with Crippen LogP contribution in [0.4, 0.5) is 17.6 Å². The Morgan fingerprint density at radius 1 is 1.14 bits per heavy atom. The first-order valence-electron chi connectivity index (χ1n) is 6.66. The number of alkyl halides is 3. The van der Waals surface area contributed by atoms with Gasteiger partial charge >= 0.3 is 6.18 Å². The van der Waals surface area contributed by atoms with Crippen LogP contribution in [0, 0.1) is 5.82 Å². The standard InChI is InChI=1S/C15H20F4O2/c1-4-10-5-6-11(16)7-12(10)13(2,3)8-14(21,9-20)15(17,18)19/h5-7,20-21H,4,8-9H2,1-3H3. The van der Waals surface area contributed by atoms with Gasteiger partial charge in [-0.15, -0.1) is 0 Å². The van der Waals surface area contributed by atoms with Gasteiger partial charge in [-0.3, -0.25) is 0 Å². The summed E-state index contributed by atoms with van der Waals surface area (Å²) >= 11 is 0. The summed E-state index contributed by atoms with van der Waals surface area (Å²) in [4.78, 5) is 0. The monoisotopic (exact) mass is 308 g/mol. The summed E-state index contributed by atoms with van der Waals surface area (Å²) < 4.78 is 52.2. The van der Waals surface area contributed by atoms with Crippen molar-refractivity contribution in [3.63, 3.8) is 0 Å². The van der Waals surface area contributed by atoms with E-state index in [1.807, 2.05) is 6.92 Å². The summed E-state index contributed by atoms with van der Waals surface area (Å²) in [6, 6.07) is 3.96. The molecule has 0 aromatic heterocycles. The van der Waals surface area contributed by atoms with E-state index in [1.165, 1.54) is 32.0 Å². The van der Waals surface area contributed by atoms with E-state index in [2.05, 4.69) is 0 Å². The highest BCUT2D eigenvalue weighted by Crippen LogP contribution is 2.41. The van der Waals surface area contributed by atoms with Gasteiger partial charge in [0.15, 0.2) is 5.60 Å². The van der Waals surface area contributed by atoms with Gasteiger partial charge in [-0.25, -0.2) is 4.39 Å². The lowest BCUT2D eigenvalue weighted by molar-refractivity contribution is -0.277. The molecule has 1 atom stereocenters. The Hall–Kier alpha value is -1.14. The molecule has 2 nitrogen and oxygen atoms in total. The Labute approximate surface area is 121 Å². The second-order valence-corrected chi connectivity index (χ2v) is 5.90. The molecule has 1 aromatic carbocycles. The van der Waals surface area contributed by atoms with E-state index in [0.717, 1.165) is 0 Å². The van der Waals surface area contributed by atoms with E-state index >= 15 is 0 Å². The molecule has 1 rings (SSSR count). The molecule has 120 valence electrons. The molecule has 0 aliphatic rings. The number of hydrogen-bond acceptors (Lipinski definition) is 2. The van der Waals surface area contributed by atoms with Crippen LogP contribution in [0.2, 0.25) is 0 Å². The Kier molecular flexibility index (Phi) is 5.05. The number of aliphatic hydroxyl groups is 2. The summed E-state index contributed by atoms with van der Waals surface area (Å²) in [5.74, 6) is -0.546. The predicted octanol–water partition coefficient (Wildman–Crippen LogP) is 3.34. The maximum Gasteiger partial charge on any atom is 0.419 e. The highest BCUT2D eigenvalue weighted by Gasteiger charge is 2.55. The first kappa shape index (κ1) is 17.9. The second kappa shape index (κ2) is 5.93. The average Bonchev–Trinajstić information content (AvgIpc) is 2.36. The van der Waals surface area contributed by atoms with Gasteiger partial charge in [0, 0.05) is 0 Å². The molecule has 0 aliphatic carbocycles. The van der Waals surface area contributed by atoms with Crippen LogP contribution in [0.1, 0.15) is 38.3 Å². The molecule has 0 bridgehead atoms. The Morgan fingerprint density at radius 2 is 1.71 bits per heavy atom. The van der Waals surface area contributed by atoms with Crippen molar-refractivity contribution in [2.75, 3.05) is 6.61 Å². The van der Waals surface area contributed by atoms with Gasteiger partial charge in [0.1, 0.15) is 5.82 Å². The molecular formula is C15H20F4O2. The van der Waals surface area contributed by atoms with Crippen LogP contribution in [0.25, 0.3) is 0 Å². The molecule has 0 amide bonds. The van der Waals surface area contributed by atoms with E-state index in [-0.39, 0.29) is 0 Å². The predicted molar refractivity (Wildman–Crippen MR) is 71.5 cm³/mol. The van der Waals surface area contributed by atoms with E-state index in [1.54, 1.807) is 0 Å². The fourth-order valence-electron chi connectivity index (χ4n) is 2.56. The lowest BCUT2D eigenvalue weighted by Crippen LogP contribution is -2.52. The first-order chi connectivity index (χ1) is 9.47. The van der Waals surface area contributed by atoms with E-state index in [4.69, 9.17) is 5.11 Å². The van der Waals surface area contributed by atoms with Gasteiger partial charge in [0.2, 0.25) is 0 Å². The SMILES string of the molecule is CCc1ccc(F)cc1C(C)(C)CC(O)(CO)C(F)(F)F. The van der Waals surface area contributed by atoms with E-state index < -0.39 is 36.0 Å². The van der Waals surface area contributed by atoms with Crippen molar-refractivity contribution in [1.29, 1.82) is 0 Å². The zero-order valence-electron chi connectivity index (χ0n) is 12.3. The Balaban J connectivity index is 3.25. The van der Waals surface area contributed by atoms with Crippen molar-refractivity contribution < 1.29 is 27.8 Å². The summed E-state index contributed by atoms with van der Waals surface area (Å²) in [7, 11) is 0. The minimum atomic E-state index is -4.96. The quantitative estimate of drug-likeness (QED) is 0.819. The smallest absolute Gasteiger partial charge is 0.393 e. The minimum absolute atomic E-state index is 0.404. The normalized spacial score (nSPS) is 15.9. The van der Waals surface area contributed by atoms with Crippen molar-refractivity contribution in [1.82, 2.24) is 0 Å². The van der Waals surface area contributed by atoms with Gasteiger partial charge in [-0.2, -0.15) is 13.2 Å². The van der Waals surface area contributed by atoms with Crippen LogP contribution in [0.5, 0.6) is 0 Å². The van der Waals surface area contributed by atoms with Crippen LogP contribution in [-0.2, 0) is 11.8 Å². The van der Waals surface area contributed by atoms with Crippen molar-refractivity contribution in [2.24, 2.45) is 0 Å². The number of rotatable bonds is 5. The molecular weight excluding hydrogens is 288 g/mol. The van der Waals surface area contributed by atoms with Crippen molar-refractivity contribution in [2.45, 2.75) is 50.8 Å². The van der Waals surface area contributed by atoms with Gasteiger partial charge in [0.25, 0.3) is 0 Å². The van der Waals surface area contributed by atoms with Crippen LogP contribution in [0.3, 0.4) is 0 Å². The molecule has 2 N–H and O–H groups in total. The first-order valence-corrected chi connectivity index (χ1v) is 6.66. The lowest BCUT2D eigenvalue weighted by Gasteiger charge is -2.37. The zero-order chi connectivity index (χ0) is 16.5. The van der Waals surface area contributed by atoms with E-state index in [9.17, 15) is 22.7 Å². The third-order valence-corrected chi connectivity index (χ3v) is 3.71. The molecule has 0 fully saturated rings. The summed E-state index contributed by atoms with van der Waals surface area (Å²) in [6.45, 7) is 3.37. The molecule has 0 heterocycles. The highest BCUT2D eigenvalue weighted by atomic mass is 19.4. The number of benzene rings is 1. The summed E-state index contributed by atoms with van der Waals surface area (Å²) in [5, 5.41) is 18.7. The highest BCUT2D eigenvalue weighted by molar-refractivity contribution is 5.34. The second-order valence-electron chi connectivity index (χ2n) is 5.90. The van der Waals surface area contributed by atoms with Crippen LogP contribution < -0.4 is 0 Å². The van der Waals surface area contributed by atoms with Gasteiger partial charge < -0.3 is 10.2 Å². The lowest BCUT2D eigenvalue weighted by atomic mass is 9.73. The van der Waals surface area contributed by atoms with Gasteiger partial charge in [-0.05, 0) is 41.5 Å². The molecule has 6 heteroatoms. The fourth-order valence-corrected chi connectivity index (χ4v) is 2.56. The summed E-state index contributed by atoms with van der Waals surface area (Å²) in [5.41, 5.74) is -3.25. The van der Waals surface area contributed by atoms with Crippen molar-refractivity contribution >= 4 is 0 Å². The van der Waals surface area contributed by atoms with Crippen LogP contribution >= 0.6 is 0 Å². The van der Waals surface area contributed by atoms with Gasteiger partial charge in [-0.1, -0.05) is 26.8 Å². The third kappa shape index (κ3) is 3.74. The summed E-state index contributed by atoms with van der Waals surface area (Å²) in [6.07, 6.45) is -5.18. The zero-order valence-corrected chi connectivity index (χ0v) is 12.3. The third-order valence-electron chi connectivity index (χ3n) is 3.71. The molecule has 0 aliphatic heterocycles. The molecule has 0 saturated carbocycles. The molecule has 1 unspecified atom stereocenters. The van der Waals surface area contributed by atoms with Crippen LogP contribution in [0.15, 0.2) is 18.2 Å². The van der Waals surface area contributed by atoms with Crippen molar-refractivity contribution in [3.8, 4) is 0 Å². The number of aliphatic hydroxyl groups excluding tert-OH is 1. The number of halogens is 4. The molecule has 0 radical (unpaired) electrons. The van der Waals surface area contributed by atoms with Gasteiger partial charge in [0.05, 0.1) is 6.61 Å². The Morgan fingerprint density at radius 3 is 2.14 bits per heavy atom. The Bertz CT molecular complexity index is 497. The molecule has 0 spiro atoms. The maximum absolute atomic E-state index is 13.4. The van der Waals surface area contributed by atoms with Crippen LogP contribution in [-0.4, -0.2) is 28.6 Å². The van der Waals surface area contributed by atoms with E-state index in [0.29, 0.717) is 17.5 Å². The average molecular weight is 308 g/mol. The topological polar surface area (TPSA) is 40.5 Å². The number of hydrogen-bond donors (Lipinski definition) is 2. The molecule has 0 saturated heterocycles. The minimum Gasteiger partial charge on any atom is -0.393 e. The fraction of sp³-hybridized carbons (Fsp3) is 0.600. The largest absolute Gasteiger partial charge is 0.419 e. The molecule has 1 aromatic rings. The number of aryl methyl sites for hydroxylation is 1. The molecule has 21 heavy (non-hydrogen) atoms.